The highest BCUT2D eigenvalue weighted by Crippen LogP contribution is 2.35. The molecule has 0 spiro atoms. The highest BCUT2D eigenvalue weighted by Gasteiger charge is 2.22. The van der Waals surface area contributed by atoms with Crippen LogP contribution in [0.25, 0.3) is 11.8 Å². The third-order valence-corrected chi connectivity index (χ3v) is 2.31. The maximum atomic E-state index is 5.04. The summed E-state index contributed by atoms with van der Waals surface area (Å²) in [6.45, 7) is 2.07. The molecule has 0 aliphatic heterocycles. The molecular weight excluding hydrogens is 178 g/mol. The fourth-order valence-corrected chi connectivity index (χ4v) is 1.59. The Morgan fingerprint density at radius 2 is 1.86 bits per heavy atom. The monoisotopic (exact) mass is 191 g/mol. The first-order chi connectivity index (χ1) is 6.76. The van der Waals surface area contributed by atoms with E-state index in [9.17, 15) is 0 Å². The van der Waals surface area contributed by atoms with Crippen molar-refractivity contribution >= 4 is 11.8 Å². The third-order valence-electron chi connectivity index (χ3n) is 2.31. The molecule has 0 amide bonds. The van der Waals surface area contributed by atoms with Crippen molar-refractivity contribution in [3.05, 3.63) is 34.9 Å². The Labute approximate surface area is 83.5 Å². The van der Waals surface area contributed by atoms with Crippen LogP contribution in [0.15, 0.2) is 18.2 Å². The van der Waals surface area contributed by atoms with Gasteiger partial charge in [0.2, 0.25) is 0 Å². The molecule has 0 N–H and O–H groups in total. The quantitative estimate of drug-likeness (QED) is 0.684. The lowest BCUT2D eigenvalue weighted by molar-refractivity contribution is -0.296. The summed E-state index contributed by atoms with van der Waals surface area (Å²) in [4.78, 5) is 10.1. The summed E-state index contributed by atoms with van der Waals surface area (Å²) < 4.78 is 0. The van der Waals surface area contributed by atoms with Gasteiger partial charge in [-0.1, -0.05) is 17.7 Å². The minimum atomic E-state index is 0.966. The van der Waals surface area contributed by atoms with Crippen LogP contribution in [-0.2, 0) is 9.68 Å². The van der Waals surface area contributed by atoms with Crippen LogP contribution in [0.1, 0.15) is 16.7 Å². The maximum Gasteiger partial charge on any atom is 0.103 e. The van der Waals surface area contributed by atoms with Crippen LogP contribution in [0.4, 0.5) is 0 Å². The van der Waals surface area contributed by atoms with Gasteiger partial charge < -0.3 is 0 Å². The number of hydroxylamine groups is 2. The molecule has 2 rings (SSSR count). The lowest BCUT2D eigenvalue weighted by Gasteiger charge is -2.28. The predicted octanol–water partition coefficient (Wildman–Crippen LogP) is 2.23. The van der Waals surface area contributed by atoms with E-state index in [1.807, 2.05) is 6.08 Å². The fraction of sp³-hybridized carbons (Fsp3) is 0.273. The van der Waals surface area contributed by atoms with Crippen LogP contribution in [0.2, 0.25) is 0 Å². The molecule has 0 bridgehead atoms. The predicted molar refractivity (Wildman–Crippen MR) is 54.9 cm³/mol. The minimum Gasteiger partial charge on any atom is -0.252 e. The summed E-state index contributed by atoms with van der Waals surface area (Å²) in [5, 5.41) is 1.40. The van der Waals surface area contributed by atoms with Crippen LogP contribution in [0, 0.1) is 6.92 Å². The van der Waals surface area contributed by atoms with Crippen molar-refractivity contribution in [2.24, 2.45) is 0 Å². The standard InChI is InChI=1S/C11H13NO2/c1-8-4-5-9-7-11(10(9)6-8)12(13-2)14-3/h4-7H,1-3H3. The van der Waals surface area contributed by atoms with Crippen molar-refractivity contribution in [1.29, 1.82) is 0 Å². The van der Waals surface area contributed by atoms with E-state index >= 15 is 0 Å². The van der Waals surface area contributed by atoms with Crippen molar-refractivity contribution in [3.8, 4) is 0 Å². The molecule has 1 aromatic rings. The van der Waals surface area contributed by atoms with Gasteiger partial charge in [-0.05, 0) is 24.6 Å². The van der Waals surface area contributed by atoms with Crippen LogP contribution >= 0.6 is 0 Å². The molecule has 0 saturated carbocycles. The third kappa shape index (κ3) is 1.31. The Kier molecular flexibility index (Phi) is 2.27. The van der Waals surface area contributed by atoms with Crippen molar-refractivity contribution in [3.63, 3.8) is 0 Å². The van der Waals surface area contributed by atoms with Crippen molar-refractivity contribution in [2.75, 3.05) is 14.2 Å². The number of hydrogen-bond acceptors (Lipinski definition) is 3. The largest absolute Gasteiger partial charge is 0.252 e. The second-order valence-electron chi connectivity index (χ2n) is 3.24. The lowest BCUT2D eigenvalue weighted by Crippen LogP contribution is -2.23. The van der Waals surface area contributed by atoms with E-state index in [0.717, 1.165) is 5.70 Å². The molecule has 3 heteroatoms. The van der Waals surface area contributed by atoms with E-state index in [1.54, 1.807) is 14.2 Å². The number of hydrogen-bond donors (Lipinski definition) is 0. The lowest BCUT2D eigenvalue weighted by atomic mass is 9.92. The summed E-state index contributed by atoms with van der Waals surface area (Å²) in [5.74, 6) is 0. The highest BCUT2D eigenvalue weighted by molar-refractivity contribution is 5.94. The Morgan fingerprint density at radius 3 is 2.50 bits per heavy atom. The molecule has 0 atom stereocenters. The molecule has 0 unspecified atom stereocenters. The van der Waals surface area contributed by atoms with E-state index < -0.39 is 0 Å². The fourth-order valence-electron chi connectivity index (χ4n) is 1.59. The topological polar surface area (TPSA) is 21.7 Å². The Morgan fingerprint density at radius 1 is 1.14 bits per heavy atom. The number of aryl methyl sites for hydroxylation is 1. The van der Waals surface area contributed by atoms with Gasteiger partial charge in [0.15, 0.2) is 0 Å². The first-order valence-electron chi connectivity index (χ1n) is 4.47. The normalized spacial score (nSPS) is 12.9. The Balaban J connectivity index is 2.28. The van der Waals surface area contributed by atoms with E-state index in [2.05, 4.69) is 25.1 Å². The maximum absolute atomic E-state index is 5.04. The second kappa shape index (κ2) is 3.44. The zero-order chi connectivity index (χ0) is 10.1. The average molecular weight is 191 g/mol. The van der Waals surface area contributed by atoms with Gasteiger partial charge in [-0.2, -0.15) is 0 Å². The van der Waals surface area contributed by atoms with Gasteiger partial charge in [-0.3, -0.25) is 9.68 Å². The van der Waals surface area contributed by atoms with Gasteiger partial charge >= 0.3 is 0 Å². The molecule has 0 aromatic heterocycles. The number of nitrogens with zero attached hydrogens (tertiary/aromatic N) is 1. The molecule has 1 aliphatic rings. The van der Waals surface area contributed by atoms with Gasteiger partial charge in [0.05, 0.1) is 14.2 Å². The molecule has 0 fully saturated rings. The van der Waals surface area contributed by atoms with E-state index in [4.69, 9.17) is 9.68 Å². The first kappa shape index (κ1) is 9.24. The summed E-state index contributed by atoms with van der Waals surface area (Å²) in [6.07, 6.45) is 2.03. The molecule has 74 valence electrons. The average Bonchev–Trinajstić information content (AvgIpc) is 2.18. The SMILES string of the molecule is CON(OC)C1=Cc2ccc(C)cc21. The highest BCUT2D eigenvalue weighted by atomic mass is 16.9. The number of fused-ring (bicyclic) bond motifs is 1. The first-order valence-corrected chi connectivity index (χ1v) is 4.47. The molecule has 14 heavy (non-hydrogen) atoms. The van der Waals surface area contributed by atoms with Crippen LogP contribution in [0.5, 0.6) is 0 Å². The smallest absolute Gasteiger partial charge is 0.103 e. The number of rotatable bonds is 3. The van der Waals surface area contributed by atoms with Crippen LogP contribution < -0.4 is 0 Å². The minimum absolute atomic E-state index is 0.966. The molecule has 1 aromatic carbocycles. The molecule has 3 nitrogen and oxygen atoms in total. The van der Waals surface area contributed by atoms with Gasteiger partial charge in [-0.15, -0.1) is 5.23 Å². The van der Waals surface area contributed by atoms with Crippen molar-refractivity contribution < 1.29 is 9.68 Å². The zero-order valence-electron chi connectivity index (χ0n) is 8.57. The molecule has 0 radical (unpaired) electrons. The summed E-state index contributed by atoms with van der Waals surface area (Å²) >= 11 is 0. The van der Waals surface area contributed by atoms with Gasteiger partial charge in [0, 0.05) is 5.56 Å². The van der Waals surface area contributed by atoms with Crippen LogP contribution in [-0.4, -0.2) is 19.4 Å². The molecular formula is C11H13NO2. The summed E-state index contributed by atoms with van der Waals surface area (Å²) in [6, 6.07) is 6.31. The van der Waals surface area contributed by atoms with Gasteiger partial charge in [0.1, 0.15) is 5.70 Å². The van der Waals surface area contributed by atoms with Crippen LogP contribution in [0.3, 0.4) is 0 Å². The Bertz CT molecular complexity index is 381. The van der Waals surface area contributed by atoms with Gasteiger partial charge in [-0.25, -0.2) is 0 Å². The summed E-state index contributed by atoms with van der Waals surface area (Å²) in [5.41, 5.74) is 4.61. The second-order valence-corrected chi connectivity index (χ2v) is 3.24. The van der Waals surface area contributed by atoms with Crippen molar-refractivity contribution in [1.82, 2.24) is 5.23 Å². The van der Waals surface area contributed by atoms with Gasteiger partial charge in [0.25, 0.3) is 0 Å². The zero-order valence-corrected chi connectivity index (χ0v) is 8.57. The summed E-state index contributed by atoms with van der Waals surface area (Å²) in [7, 11) is 3.16. The van der Waals surface area contributed by atoms with Crippen molar-refractivity contribution in [2.45, 2.75) is 6.92 Å². The van der Waals surface area contributed by atoms with E-state index in [-0.39, 0.29) is 0 Å². The van der Waals surface area contributed by atoms with E-state index in [0.29, 0.717) is 0 Å². The van der Waals surface area contributed by atoms with E-state index in [1.165, 1.54) is 21.9 Å². The number of benzene rings is 1. The molecule has 0 saturated heterocycles. The molecule has 0 heterocycles. The Hall–Kier alpha value is -1.32. The molecule has 1 aliphatic carbocycles.